The van der Waals surface area contributed by atoms with Crippen molar-refractivity contribution in [1.82, 2.24) is 0 Å². The topological polar surface area (TPSA) is 102 Å². The zero-order valence-corrected chi connectivity index (χ0v) is 16.3. The van der Waals surface area contributed by atoms with E-state index in [-0.39, 0.29) is 39.9 Å². The Hall–Kier alpha value is -4.26. The zero-order chi connectivity index (χ0) is 21.9. The molecule has 0 fully saturated rings. The number of hydrogen-bond donors (Lipinski definition) is 2. The normalized spacial score (nSPS) is 14.7. The van der Waals surface area contributed by atoms with Crippen LogP contribution in [0.5, 0.6) is 28.7 Å². The van der Waals surface area contributed by atoms with Gasteiger partial charge < -0.3 is 24.4 Å². The van der Waals surface area contributed by atoms with Crippen LogP contribution in [0.3, 0.4) is 0 Å². The van der Waals surface area contributed by atoms with Gasteiger partial charge in [0.1, 0.15) is 28.7 Å². The molecule has 2 aliphatic heterocycles. The summed E-state index contributed by atoms with van der Waals surface area (Å²) < 4.78 is 17.1. The summed E-state index contributed by atoms with van der Waals surface area (Å²) in [7, 11) is 0. The SMILES string of the molecule is C=C(C)C(=O)Oc1ccc2c(c1)C(=O)OC21c2ccc(O)cc2Oc2cc(O)ccc21. The molecule has 0 aromatic heterocycles. The maximum atomic E-state index is 12.9. The van der Waals surface area contributed by atoms with E-state index >= 15 is 0 Å². The average Bonchev–Trinajstić information content (AvgIpc) is 3.00. The fourth-order valence-electron chi connectivity index (χ4n) is 3.94. The van der Waals surface area contributed by atoms with Crippen LogP contribution in [0.1, 0.15) is 34.0 Å². The molecule has 0 bridgehead atoms. The number of phenolic OH excluding ortho intramolecular Hbond substituents is 2. The summed E-state index contributed by atoms with van der Waals surface area (Å²) in [6, 6.07) is 13.7. The number of aromatic hydroxyl groups is 2. The molecule has 2 N–H and O–H groups in total. The standard InChI is InChI=1S/C24H16O7/c1-12(2)22(27)29-15-5-8-17-16(11-15)23(28)31-24(17)18-6-3-13(25)9-20(18)30-21-10-14(26)4-7-19(21)24/h3-11,25-26H,1H2,2H3. The van der Waals surface area contributed by atoms with Crippen LogP contribution in [-0.4, -0.2) is 22.2 Å². The summed E-state index contributed by atoms with van der Waals surface area (Å²) >= 11 is 0. The predicted octanol–water partition coefficient (Wildman–Crippen LogP) is 4.15. The molecule has 0 atom stereocenters. The number of carbonyl (C=O) groups is 2. The summed E-state index contributed by atoms with van der Waals surface area (Å²) in [5.41, 5.74) is 0.658. The fourth-order valence-corrected chi connectivity index (χ4v) is 3.94. The van der Waals surface area contributed by atoms with E-state index < -0.39 is 17.5 Å². The number of rotatable bonds is 2. The second kappa shape index (κ2) is 6.37. The molecule has 0 saturated heterocycles. The number of esters is 2. The first-order valence-electron chi connectivity index (χ1n) is 9.40. The third kappa shape index (κ3) is 2.67. The van der Waals surface area contributed by atoms with Crippen molar-refractivity contribution in [3.63, 3.8) is 0 Å². The minimum absolute atomic E-state index is 0.0240. The van der Waals surface area contributed by atoms with Gasteiger partial charge >= 0.3 is 11.9 Å². The molecule has 0 aliphatic carbocycles. The largest absolute Gasteiger partial charge is 0.508 e. The smallest absolute Gasteiger partial charge is 0.340 e. The Morgan fingerprint density at radius 2 is 1.52 bits per heavy atom. The molecule has 0 unspecified atom stereocenters. The van der Waals surface area contributed by atoms with Crippen molar-refractivity contribution in [2.75, 3.05) is 0 Å². The van der Waals surface area contributed by atoms with Gasteiger partial charge in [-0.05, 0) is 49.4 Å². The Balaban J connectivity index is 1.74. The maximum absolute atomic E-state index is 12.9. The first-order chi connectivity index (χ1) is 14.8. The van der Waals surface area contributed by atoms with E-state index in [9.17, 15) is 19.8 Å². The van der Waals surface area contributed by atoms with E-state index in [1.807, 2.05) is 0 Å². The van der Waals surface area contributed by atoms with Gasteiger partial charge in [-0.25, -0.2) is 9.59 Å². The highest BCUT2D eigenvalue weighted by Crippen LogP contribution is 2.57. The lowest BCUT2D eigenvalue weighted by atomic mass is 9.77. The first-order valence-corrected chi connectivity index (χ1v) is 9.40. The average molecular weight is 416 g/mol. The van der Waals surface area contributed by atoms with E-state index in [0.717, 1.165) is 0 Å². The molecule has 5 rings (SSSR count). The first kappa shape index (κ1) is 18.7. The maximum Gasteiger partial charge on any atom is 0.340 e. The minimum atomic E-state index is -1.35. The van der Waals surface area contributed by atoms with E-state index in [2.05, 4.69) is 6.58 Å². The van der Waals surface area contributed by atoms with E-state index in [0.29, 0.717) is 16.7 Å². The van der Waals surface area contributed by atoms with Gasteiger partial charge in [0.15, 0.2) is 5.60 Å². The van der Waals surface area contributed by atoms with Crippen molar-refractivity contribution in [1.29, 1.82) is 0 Å². The molecule has 0 radical (unpaired) electrons. The molecule has 3 aromatic carbocycles. The van der Waals surface area contributed by atoms with Crippen LogP contribution in [0.25, 0.3) is 0 Å². The molecule has 2 heterocycles. The molecule has 0 amide bonds. The van der Waals surface area contributed by atoms with Crippen molar-refractivity contribution in [3.8, 4) is 28.7 Å². The van der Waals surface area contributed by atoms with Crippen LogP contribution in [0.15, 0.2) is 66.7 Å². The van der Waals surface area contributed by atoms with Gasteiger partial charge in [0.05, 0.1) is 5.56 Å². The quantitative estimate of drug-likeness (QED) is 0.368. The molecule has 0 saturated carbocycles. The number of hydrogen-bond acceptors (Lipinski definition) is 7. The van der Waals surface area contributed by atoms with Crippen molar-refractivity contribution in [2.24, 2.45) is 0 Å². The van der Waals surface area contributed by atoms with E-state index in [1.165, 1.54) is 37.3 Å². The monoisotopic (exact) mass is 416 g/mol. The lowest BCUT2D eigenvalue weighted by Gasteiger charge is -2.36. The van der Waals surface area contributed by atoms with Crippen molar-refractivity contribution in [3.05, 3.63) is 89.0 Å². The van der Waals surface area contributed by atoms with Crippen molar-refractivity contribution < 1.29 is 34.0 Å². The highest BCUT2D eigenvalue weighted by molar-refractivity contribution is 5.98. The lowest BCUT2D eigenvalue weighted by molar-refractivity contribution is -0.130. The van der Waals surface area contributed by atoms with Gasteiger partial charge in [-0.15, -0.1) is 0 Å². The molecular formula is C24H16O7. The molecule has 2 aliphatic rings. The Bertz CT molecular complexity index is 1250. The highest BCUT2D eigenvalue weighted by Gasteiger charge is 2.53. The molecule has 3 aromatic rings. The number of carbonyl (C=O) groups excluding carboxylic acids is 2. The van der Waals surface area contributed by atoms with Crippen LogP contribution < -0.4 is 9.47 Å². The summed E-state index contributed by atoms with van der Waals surface area (Å²) in [6.07, 6.45) is 0. The van der Waals surface area contributed by atoms with Gasteiger partial charge in [0.25, 0.3) is 0 Å². The molecule has 7 nitrogen and oxygen atoms in total. The van der Waals surface area contributed by atoms with Crippen LogP contribution in [0.2, 0.25) is 0 Å². The Kier molecular flexibility index (Phi) is 3.85. The van der Waals surface area contributed by atoms with E-state index in [4.69, 9.17) is 14.2 Å². The number of ether oxygens (including phenoxy) is 3. The summed E-state index contributed by atoms with van der Waals surface area (Å²) in [5.74, 6) is -0.497. The van der Waals surface area contributed by atoms with Crippen molar-refractivity contribution >= 4 is 11.9 Å². The fraction of sp³-hybridized carbons (Fsp3) is 0.0833. The van der Waals surface area contributed by atoms with Gasteiger partial charge in [-0.3, -0.25) is 0 Å². The third-order valence-corrected chi connectivity index (χ3v) is 5.30. The highest BCUT2D eigenvalue weighted by atomic mass is 16.6. The molecule has 31 heavy (non-hydrogen) atoms. The Labute approximate surface area is 176 Å². The van der Waals surface area contributed by atoms with E-state index in [1.54, 1.807) is 24.3 Å². The Morgan fingerprint density at radius 3 is 2.10 bits per heavy atom. The van der Waals surface area contributed by atoms with Crippen LogP contribution in [0.4, 0.5) is 0 Å². The summed E-state index contributed by atoms with van der Waals surface area (Å²) in [5, 5.41) is 19.9. The number of benzene rings is 3. The molecule has 7 heteroatoms. The summed E-state index contributed by atoms with van der Waals surface area (Å²) in [6.45, 7) is 5.08. The summed E-state index contributed by atoms with van der Waals surface area (Å²) in [4.78, 5) is 24.8. The molecule has 154 valence electrons. The third-order valence-electron chi connectivity index (χ3n) is 5.30. The van der Waals surface area contributed by atoms with Gasteiger partial charge in [-0.1, -0.05) is 6.58 Å². The molecular weight excluding hydrogens is 400 g/mol. The van der Waals surface area contributed by atoms with Gasteiger partial charge in [0.2, 0.25) is 0 Å². The van der Waals surface area contributed by atoms with Gasteiger partial charge in [-0.2, -0.15) is 0 Å². The number of phenols is 2. The Morgan fingerprint density at radius 1 is 0.935 bits per heavy atom. The lowest BCUT2D eigenvalue weighted by Crippen LogP contribution is -2.32. The van der Waals surface area contributed by atoms with Crippen LogP contribution >= 0.6 is 0 Å². The number of fused-ring (bicyclic) bond motifs is 6. The predicted molar refractivity (Wildman–Crippen MR) is 108 cm³/mol. The zero-order valence-electron chi connectivity index (χ0n) is 16.3. The second-order valence-electron chi connectivity index (χ2n) is 7.41. The second-order valence-corrected chi connectivity index (χ2v) is 7.41. The van der Waals surface area contributed by atoms with Crippen molar-refractivity contribution in [2.45, 2.75) is 12.5 Å². The van der Waals surface area contributed by atoms with Gasteiger partial charge in [0, 0.05) is 34.4 Å². The van der Waals surface area contributed by atoms with Crippen LogP contribution in [0, 0.1) is 0 Å². The van der Waals surface area contributed by atoms with Crippen LogP contribution in [-0.2, 0) is 15.1 Å². The minimum Gasteiger partial charge on any atom is -0.508 e. The molecule has 1 spiro atoms.